The van der Waals surface area contributed by atoms with Crippen LogP contribution in [0.3, 0.4) is 0 Å². The highest BCUT2D eigenvalue weighted by Gasteiger charge is 2.18. The Balaban J connectivity index is 2.18. The van der Waals surface area contributed by atoms with Gasteiger partial charge in [0, 0.05) is 26.3 Å². The smallest absolute Gasteiger partial charge is 0.410 e. The van der Waals surface area contributed by atoms with Gasteiger partial charge in [-0.05, 0) is 46.7 Å². The number of aromatic nitrogens is 2. The van der Waals surface area contributed by atoms with E-state index in [0.717, 1.165) is 24.5 Å². The second-order valence-electron chi connectivity index (χ2n) is 6.03. The van der Waals surface area contributed by atoms with E-state index < -0.39 is 5.60 Å². The molecule has 0 aliphatic rings. The van der Waals surface area contributed by atoms with E-state index in [-0.39, 0.29) is 6.09 Å². The minimum Gasteiger partial charge on any atom is -0.444 e. The minimum absolute atomic E-state index is 0.283. The number of hydrogen-bond donors (Lipinski definition) is 1. The van der Waals surface area contributed by atoms with Gasteiger partial charge in [-0.1, -0.05) is 0 Å². The topological polar surface area (TPSA) is 67.4 Å². The van der Waals surface area contributed by atoms with Gasteiger partial charge in [-0.2, -0.15) is 0 Å². The molecule has 0 saturated carbocycles. The predicted molar refractivity (Wildman–Crippen MR) is 82.0 cm³/mol. The van der Waals surface area contributed by atoms with Crippen molar-refractivity contribution in [2.24, 2.45) is 0 Å². The molecule has 0 fully saturated rings. The van der Waals surface area contributed by atoms with Gasteiger partial charge in [-0.15, -0.1) is 0 Å². The molecule has 1 aromatic heterocycles. The lowest BCUT2D eigenvalue weighted by Crippen LogP contribution is -2.35. The van der Waals surface area contributed by atoms with Crippen molar-refractivity contribution in [2.75, 3.05) is 20.1 Å². The molecule has 6 nitrogen and oxygen atoms in total. The van der Waals surface area contributed by atoms with Crippen LogP contribution in [0.1, 0.15) is 38.7 Å². The number of rotatable bonds is 6. The number of nitrogens with zero attached hydrogens (tertiary/aromatic N) is 3. The zero-order valence-corrected chi connectivity index (χ0v) is 13.6. The first-order valence-corrected chi connectivity index (χ1v) is 7.21. The van der Waals surface area contributed by atoms with Crippen molar-refractivity contribution in [3.63, 3.8) is 0 Å². The summed E-state index contributed by atoms with van der Waals surface area (Å²) in [5.41, 5.74) is 0.525. The molecule has 0 radical (unpaired) electrons. The quantitative estimate of drug-likeness (QED) is 0.814. The largest absolute Gasteiger partial charge is 0.444 e. The first-order chi connectivity index (χ1) is 9.78. The van der Waals surface area contributed by atoms with Crippen molar-refractivity contribution in [3.05, 3.63) is 23.8 Å². The van der Waals surface area contributed by atoms with Gasteiger partial charge in [0.2, 0.25) is 0 Å². The Labute approximate surface area is 126 Å². The second kappa shape index (κ2) is 7.93. The Morgan fingerprint density at radius 1 is 1.43 bits per heavy atom. The van der Waals surface area contributed by atoms with Gasteiger partial charge in [-0.3, -0.25) is 0 Å². The molecular weight excluding hydrogens is 268 g/mol. The number of carbonyl (C=O) groups is 1. The predicted octanol–water partition coefficient (Wildman–Crippen LogP) is 2.13. The summed E-state index contributed by atoms with van der Waals surface area (Å²) in [5, 5.41) is 3.30. The monoisotopic (exact) mass is 294 g/mol. The summed E-state index contributed by atoms with van der Waals surface area (Å²) in [5.74, 6) is 0.777. The number of ether oxygens (including phenoxy) is 1. The molecule has 0 bridgehead atoms. The molecule has 0 spiro atoms. The Morgan fingerprint density at radius 3 is 2.76 bits per heavy atom. The summed E-state index contributed by atoms with van der Waals surface area (Å²) in [6, 6.07) is 1.90. The van der Waals surface area contributed by atoms with Crippen LogP contribution in [-0.4, -0.2) is 46.7 Å². The van der Waals surface area contributed by atoms with E-state index in [1.807, 2.05) is 33.8 Å². The summed E-state index contributed by atoms with van der Waals surface area (Å²) in [6.45, 7) is 9.65. The number of amides is 1. The molecule has 0 aromatic carbocycles. The summed E-state index contributed by atoms with van der Waals surface area (Å²) in [6.07, 6.45) is 2.34. The van der Waals surface area contributed by atoms with Gasteiger partial charge < -0.3 is 15.0 Å². The third kappa shape index (κ3) is 7.60. The molecular formula is C15H26N4O2. The lowest BCUT2D eigenvalue weighted by molar-refractivity contribution is 0.0297. The van der Waals surface area contributed by atoms with E-state index >= 15 is 0 Å². The number of nitrogens with one attached hydrogen (secondary N) is 1. The standard InChI is InChI=1S/C15H26N4O2/c1-12-17-9-7-13(18-12)11-16-8-6-10-19(5)14(20)21-15(2,3)4/h7,9,16H,6,8,10-11H2,1-5H3. The van der Waals surface area contributed by atoms with Crippen LogP contribution in [0.4, 0.5) is 4.79 Å². The van der Waals surface area contributed by atoms with E-state index in [2.05, 4.69) is 15.3 Å². The zero-order valence-electron chi connectivity index (χ0n) is 13.6. The third-order valence-electron chi connectivity index (χ3n) is 2.69. The van der Waals surface area contributed by atoms with Gasteiger partial charge in [0.05, 0.1) is 5.69 Å². The summed E-state index contributed by atoms with van der Waals surface area (Å²) >= 11 is 0. The highest BCUT2D eigenvalue weighted by molar-refractivity contribution is 5.67. The van der Waals surface area contributed by atoms with Crippen LogP contribution in [0, 0.1) is 6.92 Å². The van der Waals surface area contributed by atoms with Gasteiger partial charge in [0.15, 0.2) is 0 Å². The molecule has 0 aliphatic carbocycles. The fourth-order valence-corrected chi connectivity index (χ4v) is 1.69. The van der Waals surface area contributed by atoms with Gasteiger partial charge in [0.1, 0.15) is 11.4 Å². The van der Waals surface area contributed by atoms with Crippen LogP contribution < -0.4 is 5.32 Å². The normalized spacial score (nSPS) is 11.3. The van der Waals surface area contributed by atoms with Crippen LogP contribution in [-0.2, 0) is 11.3 Å². The Kier molecular flexibility index (Phi) is 6.55. The molecule has 21 heavy (non-hydrogen) atoms. The van der Waals surface area contributed by atoms with E-state index in [1.165, 1.54) is 0 Å². The lowest BCUT2D eigenvalue weighted by atomic mass is 10.2. The van der Waals surface area contributed by atoms with Gasteiger partial charge >= 0.3 is 6.09 Å². The fourth-order valence-electron chi connectivity index (χ4n) is 1.69. The van der Waals surface area contributed by atoms with Crippen LogP contribution in [0.15, 0.2) is 12.3 Å². The fraction of sp³-hybridized carbons (Fsp3) is 0.667. The van der Waals surface area contributed by atoms with E-state index in [9.17, 15) is 4.79 Å². The lowest BCUT2D eigenvalue weighted by Gasteiger charge is -2.24. The van der Waals surface area contributed by atoms with Gasteiger partial charge in [-0.25, -0.2) is 14.8 Å². The average molecular weight is 294 g/mol. The van der Waals surface area contributed by atoms with E-state index in [4.69, 9.17) is 4.74 Å². The summed E-state index contributed by atoms with van der Waals surface area (Å²) in [4.78, 5) is 21.7. The average Bonchev–Trinajstić information content (AvgIpc) is 2.36. The van der Waals surface area contributed by atoms with E-state index in [1.54, 1.807) is 18.1 Å². The van der Waals surface area contributed by atoms with E-state index in [0.29, 0.717) is 13.1 Å². The van der Waals surface area contributed by atoms with Crippen LogP contribution >= 0.6 is 0 Å². The molecule has 0 saturated heterocycles. The highest BCUT2D eigenvalue weighted by Crippen LogP contribution is 2.09. The van der Waals surface area contributed by atoms with Crippen LogP contribution in [0.5, 0.6) is 0 Å². The SMILES string of the molecule is Cc1nccc(CNCCCN(C)C(=O)OC(C)(C)C)n1. The van der Waals surface area contributed by atoms with Crippen LogP contribution in [0.2, 0.25) is 0 Å². The molecule has 1 amide bonds. The number of aryl methyl sites for hydroxylation is 1. The third-order valence-corrected chi connectivity index (χ3v) is 2.69. The number of hydrogen-bond acceptors (Lipinski definition) is 5. The Bertz CT molecular complexity index is 457. The Hall–Kier alpha value is -1.69. The molecule has 1 rings (SSSR count). The first-order valence-electron chi connectivity index (χ1n) is 7.21. The van der Waals surface area contributed by atoms with Crippen molar-refractivity contribution in [2.45, 2.75) is 46.3 Å². The maximum atomic E-state index is 11.7. The highest BCUT2D eigenvalue weighted by atomic mass is 16.6. The molecule has 6 heteroatoms. The molecule has 0 unspecified atom stereocenters. The summed E-state index contributed by atoms with van der Waals surface area (Å²) in [7, 11) is 1.75. The molecule has 1 aromatic rings. The molecule has 0 atom stereocenters. The molecule has 0 aliphatic heterocycles. The van der Waals surface area contributed by atoms with Crippen molar-refractivity contribution in [1.82, 2.24) is 20.2 Å². The van der Waals surface area contributed by atoms with Crippen LogP contribution in [0.25, 0.3) is 0 Å². The van der Waals surface area contributed by atoms with Crippen molar-refractivity contribution < 1.29 is 9.53 Å². The maximum absolute atomic E-state index is 11.7. The first kappa shape index (κ1) is 17.4. The molecule has 1 N–H and O–H groups in total. The van der Waals surface area contributed by atoms with Crippen molar-refractivity contribution in [1.29, 1.82) is 0 Å². The zero-order chi connectivity index (χ0) is 15.9. The Morgan fingerprint density at radius 2 is 2.14 bits per heavy atom. The summed E-state index contributed by atoms with van der Waals surface area (Å²) < 4.78 is 5.29. The van der Waals surface area contributed by atoms with Gasteiger partial charge in [0.25, 0.3) is 0 Å². The number of carbonyl (C=O) groups excluding carboxylic acids is 1. The second-order valence-corrected chi connectivity index (χ2v) is 6.03. The maximum Gasteiger partial charge on any atom is 0.410 e. The minimum atomic E-state index is -0.450. The molecule has 1 heterocycles. The van der Waals surface area contributed by atoms with Crippen molar-refractivity contribution >= 4 is 6.09 Å². The molecule has 118 valence electrons. The van der Waals surface area contributed by atoms with Crippen molar-refractivity contribution in [3.8, 4) is 0 Å².